The smallest absolute Gasteiger partial charge is 0.277 e. The number of ether oxygens (including phenoxy) is 1. The molecule has 0 radical (unpaired) electrons. The third-order valence-electron chi connectivity index (χ3n) is 5.19. The van der Waals surface area contributed by atoms with Crippen LogP contribution in [0.5, 0.6) is 5.75 Å². The number of aryl methyl sites for hydroxylation is 1. The van der Waals surface area contributed by atoms with Crippen molar-refractivity contribution in [3.05, 3.63) is 63.1 Å². The lowest BCUT2D eigenvalue weighted by molar-refractivity contribution is 0.0578. The number of hydrogen-bond donors (Lipinski definition) is 1. The van der Waals surface area contributed by atoms with Crippen LogP contribution in [0.25, 0.3) is 0 Å². The van der Waals surface area contributed by atoms with Gasteiger partial charge in [-0.3, -0.25) is 24.1 Å². The number of halogens is 2. The molecule has 1 aromatic heterocycles. The molecule has 0 saturated heterocycles. The van der Waals surface area contributed by atoms with Crippen LogP contribution in [-0.4, -0.2) is 59.8 Å². The summed E-state index contributed by atoms with van der Waals surface area (Å²) in [5.41, 5.74) is -1.38. The molecule has 1 aliphatic heterocycles. The average Bonchev–Trinajstić information content (AvgIpc) is 2.75. The van der Waals surface area contributed by atoms with Crippen LogP contribution in [0.3, 0.4) is 0 Å². The Morgan fingerprint density at radius 1 is 1.22 bits per heavy atom. The zero-order chi connectivity index (χ0) is 23.4. The molecule has 1 amide bonds. The first-order valence-corrected chi connectivity index (χ1v) is 10.3. The van der Waals surface area contributed by atoms with E-state index in [4.69, 9.17) is 4.74 Å². The van der Waals surface area contributed by atoms with Gasteiger partial charge in [-0.05, 0) is 24.5 Å². The van der Waals surface area contributed by atoms with Crippen LogP contribution in [0, 0.1) is 11.6 Å². The number of amides is 1. The van der Waals surface area contributed by atoms with Crippen molar-refractivity contribution in [1.82, 2.24) is 9.58 Å². The van der Waals surface area contributed by atoms with Crippen molar-refractivity contribution in [3.8, 4) is 5.75 Å². The quantitative estimate of drug-likeness (QED) is 0.466. The van der Waals surface area contributed by atoms with Crippen LogP contribution in [0.2, 0.25) is 0 Å². The van der Waals surface area contributed by atoms with Crippen LogP contribution in [-0.2, 0) is 11.2 Å². The Kier molecular flexibility index (Phi) is 7.24. The molecule has 1 aromatic carbocycles. The molecule has 0 saturated carbocycles. The van der Waals surface area contributed by atoms with Gasteiger partial charge in [0.1, 0.15) is 18.3 Å². The molecule has 1 aliphatic rings. The molecular formula is C22H25F2N3O5. The van der Waals surface area contributed by atoms with Crippen LogP contribution in [0.15, 0.2) is 29.2 Å². The van der Waals surface area contributed by atoms with Crippen molar-refractivity contribution in [2.45, 2.75) is 26.2 Å². The molecule has 0 fully saturated rings. The maximum Gasteiger partial charge on any atom is 0.277 e. The predicted molar refractivity (Wildman–Crippen MR) is 113 cm³/mol. The molecule has 8 nitrogen and oxygen atoms in total. The Balaban J connectivity index is 1.81. The highest BCUT2D eigenvalue weighted by Gasteiger charge is 2.32. The van der Waals surface area contributed by atoms with E-state index in [-0.39, 0.29) is 42.9 Å². The van der Waals surface area contributed by atoms with Gasteiger partial charge in [-0.1, -0.05) is 13.0 Å². The molecule has 0 aliphatic carbocycles. The van der Waals surface area contributed by atoms with Gasteiger partial charge in [-0.15, -0.1) is 0 Å². The van der Waals surface area contributed by atoms with Crippen molar-refractivity contribution in [2.24, 2.45) is 0 Å². The predicted octanol–water partition coefficient (Wildman–Crippen LogP) is 2.06. The molecular weight excluding hydrogens is 424 g/mol. The Morgan fingerprint density at radius 2 is 1.97 bits per heavy atom. The lowest BCUT2D eigenvalue weighted by Crippen LogP contribution is -2.53. The van der Waals surface area contributed by atoms with Crippen molar-refractivity contribution in [2.75, 3.05) is 38.5 Å². The molecule has 10 heteroatoms. The number of carbonyl (C=O) groups excluding carboxylic acids is 2. The van der Waals surface area contributed by atoms with Crippen LogP contribution >= 0.6 is 0 Å². The molecule has 0 atom stereocenters. The molecule has 0 spiro atoms. The normalized spacial score (nSPS) is 13.4. The summed E-state index contributed by atoms with van der Waals surface area (Å²) in [4.78, 5) is 39.6. The molecule has 3 rings (SSSR count). The number of aromatic hydroxyl groups is 1. The van der Waals surface area contributed by atoms with E-state index in [1.54, 1.807) is 12.1 Å². The first-order chi connectivity index (χ1) is 15.2. The standard InChI is InChI=1S/C22H25F2N3O5/c1-3-9-32-10-8-26-13-25(2)27-12-16(20(29)21(30)19(27)22(26)31)18(28)7-5-14-4-6-15(23)11-17(14)24/h4,6,11-12,30H,3,5,7-10,13H2,1-2H3. The lowest BCUT2D eigenvalue weighted by atomic mass is 10.0. The van der Waals surface area contributed by atoms with Gasteiger partial charge in [0.15, 0.2) is 17.2 Å². The lowest BCUT2D eigenvalue weighted by Gasteiger charge is -2.37. The number of carbonyl (C=O) groups is 2. The minimum atomic E-state index is -0.966. The Morgan fingerprint density at radius 3 is 2.66 bits per heavy atom. The van der Waals surface area contributed by atoms with E-state index < -0.39 is 34.5 Å². The highest BCUT2D eigenvalue weighted by Crippen LogP contribution is 2.21. The fourth-order valence-electron chi connectivity index (χ4n) is 3.49. The van der Waals surface area contributed by atoms with Crippen molar-refractivity contribution in [3.63, 3.8) is 0 Å². The number of Topliss-reactive ketones (excluding diaryl/α,β-unsaturated/α-hetero) is 1. The van der Waals surface area contributed by atoms with Crippen LogP contribution in [0.1, 0.15) is 46.2 Å². The fourth-order valence-corrected chi connectivity index (χ4v) is 3.49. The topological polar surface area (TPSA) is 92.1 Å². The molecule has 2 heterocycles. The number of fused-ring (bicyclic) bond motifs is 1. The average molecular weight is 449 g/mol. The van der Waals surface area contributed by atoms with E-state index in [0.29, 0.717) is 13.2 Å². The highest BCUT2D eigenvalue weighted by atomic mass is 19.1. The molecule has 0 unspecified atom stereocenters. The van der Waals surface area contributed by atoms with Gasteiger partial charge in [-0.2, -0.15) is 0 Å². The summed E-state index contributed by atoms with van der Waals surface area (Å²) in [6.07, 6.45) is 1.78. The summed E-state index contributed by atoms with van der Waals surface area (Å²) in [5.74, 6) is -3.50. The van der Waals surface area contributed by atoms with Crippen LogP contribution in [0.4, 0.5) is 8.78 Å². The van der Waals surface area contributed by atoms with Crippen LogP contribution < -0.4 is 10.4 Å². The number of nitrogens with zero attached hydrogens (tertiary/aromatic N) is 3. The van der Waals surface area contributed by atoms with Gasteiger partial charge in [0.05, 0.1) is 12.2 Å². The molecule has 1 N–H and O–H groups in total. The molecule has 32 heavy (non-hydrogen) atoms. The monoisotopic (exact) mass is 449 g/mol. The van der Waals surface area contributed by atoms with E-state index in [2.05, 4.69) is 0 Å². The molecule has 2 aromatic rings. The number of aromatic nitrogens is 1. The largest absolute Gasteiger partial charge is 0.502 e. The van der Waals surface area contributed by atoms with E-state index >= 15 is 0 Å². The Labute approximate surface area is 183 Å². The van der Waals surface area contributed by atoms with E-state index in [0.717, 1.165) is 18.6 Å². The SMILES string of the molecule is CCCOCCN1CN(C)n2cc(C(=O)CCc3ccc(F)cc3F)c(=O)c(O)c2C1=O. The fraction of sp³-hybridized carbons (Fsp3) is 0.409. The maximum atomic E-state index is 13.8. The van der Waals surface area contributed by atoms with Gasteiger partial charge in [0.2, 0.25) is 5.43 Å². The zero-order valence-electron chi connectivity index (χ0n) is 17.9. The summed E-state index contributed by atoms with van der Waals surface area (Å²) >= 11 is 0. The Hall–Kier alpha value is -3.27. The van der Waals surface area contributed by atoms with Crippen molar-refractivity contribution in [1.29, 1.82) is 0 Å². The molecule has 172 valence electrons. The number of pyridine rings is 1. The second kappa shape index (κ2) is 9.90. The van der Waals surface area contributed by atoms with Gasteiger partial charge in [0.25, 0.3) is 5.91 Å². The highest BCUT2D eigenvalue weighted by molar-refractivity contribution is 6.00. The summed E-state index contributed by atoms with van der Waals surface area (Å²) in [7, 11) is 1.64. The third kappa shape index (κ3) is 4.80. The molecule has 0 bridgehead atoms. The van der Waals surface area contributed by atoms with Crippen molar-refractivity contribution < 1.29 is 28.2 Å². The summed E-state index contributed by atoms with van der Waals surface area (Å²) in [5, 5.41) is 12.0. The number of ketones is 1. The number of rotatable bonds is 9. The van der Waals surface area contributed by atoms with Crippen molar-refractivity contribution >= 4 is 11.7 Å². The van der Waals surface area contributed by atoms with E-state index in [9.17, 15) is 28.3 Å². The number of hydrogen-bond acceptors (Lipinski definition) is 6. The van der Waals surface area contributed by atoms with Gasteiger partial charge in [-0.25, -0.2) is 8.78 Å². The first kappa shape index (κ1) is 23.4. The minimum absolute atomic E-state index is 0.0484. The first-order valence-electron chi connectivity index (χ1n) is 10.3. The minimum Gasteiger partial charge on any atom is -0.502 e. The van der Waals surface area contributed by atoms with Gasteiger partial charge in [0, 0.05) is 38.9 Å². The Bertz CT molecular complexity index is 1090. The van der Waals surface area contributed by atoms with Gasteiger partial charge >= 0.3 is 0 Å². The zero-order valence-corrected chi connectivity index (χ0v) is 17.9. The summed E-state index contributed by atoms with van der Waals surface area (Å²) in [6, 6.07) is 3.04. The number of benzene rings is 1. The second-order valence-corrected chi connectivity index (χ2v) is 7.55. The third-order valence-corrected chi connectivity index (χ3v) is 5.19. The summed E-state index contributed by atoms with van der Waals surface area (Å²) in [6.45, 7) is 3.29. The maximum absolute atomic E-state index is 13.8. The van der Waals surface area contributed by atoms with E-state index in [1.807, 2.05) is 6.92 Å². The van der Waals surface area contributed by atoms with E-state index in [1.165, 1.54) is 21.8 Å². The second-order valence-electron chi connectivity index (χ2n) is 7.55. The van der Waals surface area contributed by atoms with Gasteiger partial charge < -0.3 is 14.7 Å². The summed E-state index contributed by atoms with van der Waals surface area (Å²) < 4.78 is 33.5.